The molecule has 0 radical (unpaired) electrons. The molecule has 2 unspecified atom stereocenters. The maximum atomic E-state index is 6.06. The zero-order valence-corrected chi connectivity index (χ0v) is 12.8. The fraction of sp³-hybridized carbons (Fsp3) is 0.263. The first-order chi connectivity index (χ1) is 10.2. The highest BCUT2D eigenvalue weighted by Gasteiger charge is 2.22. The Bertz CT molecular complexity index is 730. The molecule has 0 aliphatic heterocycles. The van der Waals surface area contributed by atoms with Gasteiger partial charge in [0.25, 0.3) is 0 Å². The summed E-state index contributed by atoms with van der Waals surface area (Å²) in [6, 6.07) is 19.2. The van der Waals surface area contributed by atoms with E-state index in [2.05, 4.69) is 67.7 Å². The summed E-state index contributed by atoms with van der Waals surface area (Å²) in [7, 11) is 1.99. The van der Waals surface area contributed by atoms with Gasteiger partial charge in [-0.3, -0.25) is 0 Å². The Morgan fingerprint density at radius 1 is 1.00 bits per heavy atom. The third-order valence-electron chi connectivity index (χ3n) is 4.13. The van der Waals surface area contributed by atoms with Gasteiger partial charge in [0.05, 0.1) is 6.04 Å². The number of furan rings is 1. The van der Waals surface area contributed by atoms with E-state index in [0.717, 1.165) is 11.3 Å². The Labute approximate surface area is 125 Å². The molecular formula is C19H21NO. The summed E-state index contributed by atoms with van der Waals surface area (Å²) in [6.45, 7) is 4.34. The van der Waals surface area contributed by atoms with E-state index in [9.17, 15) is 0 Å². The van der Waals surface area contributed by atoms with Crippen molar-refractivity contribution in [2.45, 2.75) is 25.8 Å². The van der Waals surface area contributed by atoms with Crippen LogP contribution < -0.4 is 5.32 Å². The molecule has 0 amide bonds. The van der Waals surface area contributed by atoms with Gasteiger partial charge in [0.15, 0.2) is 0 Å². The van der Waals surface area contributed by atoms with Gasteiger partial charge in [-0.25, -0.2) is 0 Å². The highest BCUT2D eigenvalue weighted by Crippen LogP contribution is 2.33. The van der Waals surface area contributed by atoms with E-state index in [1.165, 1.54) is 16.5 Å². The summed E-state index contributed by atoms with van der Waals surface area (Å²) in [4.78, 5) is 0. The van der Waals surface area contributed by atoms with E-state index in [1.54, 1.807) is 0 Å². The Hall–Kier alpha value is -2.06. The van der Waals surface area contributed by atoms with E-state index in [0.29, 0.717) is 5.92 Å². The molecule has 0 spiro atoms. The van der Waals surface area contributed by atoms with Crippen LogP contribution in [-0.2, 0) is 0 Å². The largest absolute Gasteiger partial charge is 0.459 e. The van der Waals surface area contributed by atoms with Gasteiger partial charge in [-0.05, 0) is 37.7 Å². The van der Waals surface area contributed by atoms with Crippen molar-refractivity contribution in [3.05, 3.63) is 71.5 Å². The van der Waals surface area contributed by atoms with Gasteiger partial charge in [0, 0.05) is 11.3 Å². The molecule has 0 saturated heterocycles. The molecule has 2 heteroatoms. The molecule has 0 aliphatic rings. The number of rotatable bonds is 4. The second-order valence-corrected chi connectivity index (χ2v) is 5.66. The van der Waals surface area contributed by atoms with Crippen LogP contribution in [0.1, 0.15) is 35.8 Å². The summed E-state index contributed by atoms with van der Waals surface area (Å²) in [6.07, 6.45) is 0. The summed E-state index contributed by atoms with van der Waals surface area (Å²) < 4.78 is 6.06. The van der Waals surface area contributed by atoms with Gasteiger partial charge in [-0.1, -0.05) is 48.9 Å². The molecule has 2 nitrogen and oxygen atoms in total. The lowest BCUT2D eigenvalue weighted by atomic mass is 9.92. The quantitative estimate of drug-likeness (QED) is 0.741. The van der Waals surface area contributed by atoms with Crippen LogP contribution in [0.25, 0.3) is 11.0 Å². The molecular weight excluding hydrogens is 258 g/mol. The molecule has 0 bridgehead atoms. The molecule has 3 aromatic rings. The zero-order chi connectivity index (χ0) is 14.8. The highest BCUT2D eigenvalue weighted by atomic mass is 16.3. The lowest BCUT2D eigenvalue weighted by molar-refractivity contribution is 0.410. The molecule has 1 aromatic heterocycles. The predicted octanol–water partition coefficient (Wildman–Crippen LogP) is 4.81. The second-order valence-electron chi connectivity index (χ2n) is 5.66. The minimum Gasteiger partial charge on any atom is -0.459 e. The van der Waals surface area contributed by atoms with E-state index in [-0.39, 0.29) is 6.04 Å². The Balaban J connectivity index is 1.98. The number of nitrogens with one attached hydrogen (secondary N) is 1. The molecule has 2 aromatic carbocycles. The van der Waals surface area contributed by atoms with Crippen molar-refractivity contribution in [3.8, 4) is 0 Å². The van der Waals surface area contributed by atoms with Crippen LogP contribution in [0.5, 0.6) is 0 Å². The number of hydrogen-bond donors (Lipinski definition) is 1. The molecule has 108 valence electrons. The first-order valence-corrected chi connectivity index (χ1v) is 7.41. The fourth-order valence-corrected chi connectivity index (χ4v) is 2.92. The van der Waals surface area contributed by atoms with Crippen molar-refractivity contribution in [1.29, 1.82) is 0 Å². The van der Waals surface area contributed by atoms with Gasteiger partial charge >= 0.3 is 0 Å². The standard InChI is InChI=1S/C19H21NO/c1-13-9-10-17-16(11-13)12-18(21-17)19(20-3)14(2)15-7-5-4-6-8-15/h4-12,14,19-20H,1-3H3. The van der Waals surface area contributed by atoms with Gasteiger partial charge in [-0.2, -0.15) is 0 Å². The fourth-order valence-electron chi connectivity index (χ4n) is 2.92. The van der Waals surface area contributed by atoms with Crippen molar-refractivity contribution >= 4 is 11.0 Å². The van der Waals surface area contributed by atoms with Crippen molar-refractivity contribution < 1.29 is 4.42 Å². The number of fused-ring (bicyclic) bond motifs is 1. The average molecular weight is 279 g/mol. The monoisotopic (exact) mass is 279 g/mol. The minimum absolute atomic E-state index is 0.167. The third kappa shape index (κ3) is 2.72. The summed E-state index contributed by atoms with van der Waals surface area (Å²) in [5, 5.41) is 4.57. The van der Waals surface area contributed by atoms with Crippen molar-refractivity contribution in [3.63, 3.8) is 0 Å². The highest BCUT2D eigenvalue weighted by molar-refractivity contribution is 5.78. The number of benzene rings is 2. The molecule has 0 saturated carbocycles. The van der Waals surface area contributed by atoms with Gasteiger partial charge in [0.2, 0.25) is 0 Å². The van der Waals surface area contributed by atoms with Crippen LogP contribution in [0.15, 0.2) is 59.0 Å². The SMILES string of the molecule is CNC(c1cc2cc(C)ccc2o1)C(C)c1ccccc1. The third-order valence-corrected chi connectivity index (χ3v) is 4.13. The van der Waals surface area contributed by atoms with Crippen LogP contribution >= 0.6 is 0 Å². The Morgan fingerprint density at radius 2 is 1.76 bits per heavy atom. The molecule has 1 heterocycles. The number of likely N-dealkylation sites (N-methyl/N-ethyl adjacent to an activating group) is 1. The molecule has 1 N–H and O–H groups in total. The number of hydrogen-bond acceptors (Lipinski definition) is 2. The van der Waals surface area contributed by atoms with Gasteiger partial charge in [-0.15, -0.1) is 0 Å². The lowest BCUT2D eigenvalue weighted by Gasteiger charge is -2.22. The van der Waals surface area contributed by atoms with Crippen LogP contribution in [0.3, 0.4) is 0 Å². The van der Waals surface area contributed by atoms with E-state index >= 15 is 0 Å². The van der Waals surface area contributed by atoms with Crippen molar-refractivity contribution in [1.82, 2.24) is 5.32 Å². The molecule has 3 rings (SSSR count). The average Bonchev–Trinajstić information content (AvgIpc) is 2.91. The van der Waals surface area contributed by atoms with Crippen LogP contribution in [0.4, 0.5) is 0 Å². The predicted molar refractivity (Wildman–Crippen MR) is 87.6 cm³/mol. The zero-order valence-electron chi connectivity index (χ0n) is 12.8. The molecule has 21 heavy (non-hydrogen) atoms. The Kier molecular flexibility index (Phi) is 3.80. The van der Waals surface area contributed by atoms with E-state index in [1.807, 2.05) is 13.1 Å². The van der Waals surface area contributed by atoms with Gasteiger partial charge in [0.1, 0.15) is 11.3 Å². The normalized spacial score (nSPS) is 14.2. The van der Waals surface area contributed by atoms with E-state index in [4.69, 9.17) is 4.42 Å². The number of aryl methyl sites for hydroxylation is 1. The van der Waals surface area contributed by atoms with Crippen LogP contribution in [0, 0.1) is 6.92 Å². The second kappa shape index (κ2) is 5.74. The van der Waals surface area contributed by atoms with Crippen LogP contribution in [0.2, 0.25) is 0 Å². The topological polar surface area (TPSA) is 25.2 Å². The maximum Gasteiger partial charge on any atom is 0.134 e. The smallest absolute Gasteiger partial charge is 0.134 e. The summed E-state index contributed by atoms with van der Waals surface area (Å²) in [5.74, 6) is 1.34. The first kappa shape index (κ1) is 13.9. The minimum atomic E-state index is 0.167. The summed E-state index contributed by atoms with van der Waals surface area (Å²) in [5.41, 5.74) is 3.52. The lowest BCUT2D eigenvalue weighted by Crippen LogP contribution is -2.21. The van der Waals surface area contributed by atoms with E-state index < -0.39 is 0 Å². The van der Waals surface area contributed by atoms with Crippen molar-refractivity contribution in [2.24, 2.45) is 0 Å². The maximum absolute atomic E-state index is 6.06. The molecule has 2 atom stereocenters. The van der Waals surface area contributed by atoms with Crippen LogP contribution in [-0.4, -0.2) is 7.05 Å². The van der Waals surface area contributed by atoms with Crippen molar-refractivity contribution in [2.75, 3.05) is 7.05 Å². The summed E-state index contributed by atoms with van der Waals surface area (Å²) >= 11 is 0. The molecule has 0 aliphatic carbocycles. The molecule has 0 fully saturated rings. The van der Waals surface area contributed by atoms with Gasteiger partial charge < -0.3 is 9.73 Å². The Morgan fingerprint density at radius 3 is 2.48 bits per heavy atom. The first-order valence-electron chi connectivity index (χ1n) is 7.41.